The summed E-state index contributed by atoms with van der Waals surface area (Å²) in [7, 11) is 0. The van der Waals surface area contributed by atoms with E-state index in [-0.39, 0.29) is 11.7 Å². The molecule has 1 saturated carbocycles. The van der Waals surface area contributed by atoms with Crippen molar-refractivity contribution in [3.05, 3.63) is 23.7 Å². The minimum absolute atomic E-state index is 0.201. The molecule has 2 heteroatoms. The Hall–Kier alpha value is -1.05. The van der Waals surface area contributed by atoms with Gasteiger partial charge in [-0.1, -0.05) is 19.8 Å². The molecule has 0 aromatic carbocycles. The van der Waals surface area contributed by atoms with Crippen LogP contribution in [0.1, 0.15) is 48.9 Å². The number of hydrogen-bond donors (Lipinski definition) is 0. The summed E-state index contributed by atoms with van der Waals surface area (Å²) in [6.45, 7) is 4.14. The second kappa shape index (κ2) is 4.21. The number of hydrogen-bond acceptors (Lipinski definition) is 2. The fourth-order valence-corrected chi connectivity index (χ4v) is 2.29. The maximum absolute atomic E-state index is 12.0. The lowest BCUT2D eigenvalue weighted by molar-refractivity contribution is 0.0845. The molecule has 0 atom stereocenters. The van der Waals surface area contributed by atoms with Crippen molar-refractivity contribution < 1.29 is 9.21 Å². The van der Waals surface area contributed by atoms with Crippen LogP contribution in [0.2, 0.25) is 0 Å². The Morgan fingerprint density at radius 3 is 2.47 bits per heavy atom. The van der Waals surface area contributed by atoms with Crippen LogP contribution in [0.4, 0.5) is 0 Å². The Bertz CT molecular complexity index is 343. The second-order valence-corrected chi connectivity index (χ2v) is 4.73. The Morgan fingerprint density at radius 1 is 1.27 bits per heavy atom. The lowest BCUT2D eigenvalue weighted by Gasteiger charge is -2.24. The Balaban J connectivity index is 2.02. The molecule has 0 amide bonds. The standard InChI is InChI=1S/C13H18O2/c1-9-3-6-11(7-4-9)13(14)12-8-5-10(2)15-12/h5,8-9,11H,3-4,6-7H2,1-2H3. The number of rotatable bonds is 2. The molecule has 0 radical (unpaired) electrons. The van der Waals surface area contributed by atoms with Crippen LogP contribution in [0.5, 0.6) is 0 Å². The molecular weight excluding hydrogens is 188 g/mol. The fourth-order valence-electron chi connectivity index (χ4n) is 2.29. The van der Waals surface area contributed by atoms with Gasteiger partial charge in [0.05, 0.1) is 0 Å². The summed E-state index contributed by atoms with van der Waals surface area (Å²) in [4.78, 5) is 12.0. The number of furan rings is 1. The van der Waals surface area contributed by atoms with Crippen molar-refractivity contribution in [2.24, 2.45) is 11.8 Å². The maximum atomic E-state index is 12.0. The molecule has 2 rings (SSSR count). The number of Topliss-reactive ketones (excluding diaryl/α,β-unsaturated/α-hetero) is 1. The van der Waals surface area contributed by atoms with Gasteiger partial charge >= 0.3 is 0 Å². The zero-order valence-corrected chi connectivity index (χ0v) is 9.45. The van der Waals surface area contributed by atoms with Gasteiger partial charge < -0.3 is 4.42 Å². The average molecular weight is 206 g/mol. The van der Waals surface area contributed by atoms with E-state index in [1.165, 1.54) is 12.8 Å². The fraction of sp³-hybridized carbons (Fsp3) is 0.615. The van der Waals surface area contributed by atoms with Crippen LogP contribution in [-0.2, 0) is 0 Å². The highest BCUT2D eigenvalue weighted by Gasteiger charge is 2.26. The summed E-state index contributed by atoms with van der Waals surface area (Å²) in [5, 5.41) is 0. The molecule has 15 heavy (non-hydrogen) atoms. The molecule has 1 heterocycles. The topological polar surface area (TPSA) is 30.2 Å². The SMILES string of the molecule is Cc1ccc(C(=O)C2CCC(C)CC2)o1. The Kier molecular flexibility index (Phi) is 2.94. The second-order valence-electron chi connectivity index (χ2n) is 4.73. The number of ketones is 1. The minimum Gasteiger partial charge on any atom is -0.458 e. The summed E-state index contributed by atoms with van der Waals surface area (Å²) >= 11 is 0. The summed E-state index contributed by atoms with van der Waals surface area (Å²) < 4.78 is 5.38. The molecule has 0 saturated heterocycles. The van der Waals surface area contributed by atoms with E-state index >= 15 is 0 Å². The van der Waals surface area contributed by atoms with Gasteiger partial charge in [0.15, 0.2) is 5.76 Å². The van der Waals surface area contributed by atoms with Crippen LogP contribution in [-0.4, -0.2) is 5.78 Å². The van der Waals surface area contributed by atoms with Gasteiger partial charge in [0.25, 0.3) is 0 Å². The highest BCUT2D eigenvalue weighted by atomic mass is 16.3. The molecule has 1 aliphatic carbocycles. The first kappa shape index (κ1) is 10.5. The quantitative estimate of drug-likeness (QED) is 0.692. The highest BCUT2D eigenvalue weighted by molar-refractivity contribution is 5.95. The van der Waals surface area contributed by atoms with Gasteiger partial charge in [-0.25, -0.2) is 0 Å². The lowest BCUT2D eigenvalue weighted by Crippen LogP contribution is -2.20. The van der Waals surface area contributed by atoms with Crippen molar-refractivity contribution in [3.8, 4) is 0 Å². The number of aryl methyl sites for hydroxylation is 1. The van der Waals surface area contributed by atoms with E-state index in [1.807, 2.05) is 13.0 Å². The van der Waals surface area contributed by atoms with Crippen molar-refractivity contribution in [2.45, 2.75) is 39.5 Å². The van der Waals surface area contributed by atoms with Gasteiger partial charge in [-0.2, -0.15) is 0 Å². The molecular formula is C13H18O2. The van der Waals surface area contributed by atoms with Crippen LogP contribution in [0.3, 0.4) is 0 Å². The van der Waals surface area contributed by atoms with Gasteiger partial charge in [-0.05, 0) is 37.8 Å². The van der Waals surface area contributed by atoms with E-state index in [4.69, 9.17) is 4.42 Å². The first-order valence-electron chi connectivity index (χ1n) is 5.77. The zero-order chi connectivity index (χ0) is 10.8. The average Bonchev–Trinajstić information content (AvgIpc) is 2.65. The normalized spacial score (nSPS) is 26.5. The third-order valence-corrected chi connectivity index (χ3v) is 3.37. The van der Waals surface area contributed by atoms with E-state index in [0.29, 0.717) is 5.76 Å². The van der Waals surface area contributed by atoms with Crippen molar-refractivity contribution in [3.63, 3.8) is 0 Å². The molecule has 0 aliphatic heterocycles. The molecule has 2 nitrogen and oxygen atoms in total. The van der Waals surface area contributed by atoms with Gasteiger partial charge in [0, 0.05) is 5.92 Å². The van der Waals surface area contributed by atoms with Crippen LogP contribution in [0.15, 0.2) is 16.5 Å². The van der Waals surface area contributed by atoms with Gasteiger partial charge in [-0.15, -0.1) is 0 Å². The van der Waals surface area contributed by atoms with Gasteiger partial charge in [0.2, 0.25) is 5.78 Å². The van der Waals surface area contributed by atoms with Crippen LogP contribution in [0, 0.1) is 18.8 Å². The van der Waals surface area contributed by atoms with Gasteiger partial charge in [0.1, 0.15) is 5.76 Å². The molecule has 0 bridgehead atoms. The van der Waals surface area contributed by atoms with Crippen molar-refractivity contribution >= 4 is 5.78 Å². The molecule has 0 unspecified atom stereocenters. The smallest absolute Gasteiger partial charge is 0.201 e. The highest BCUT2D eigenvalue weighted by Crippen LogP contribution is 2.30. The molecule has 82 valence electrons. The molecule has 1 aromatic heterocycles. The maximum Gasteiger partial charge on any atom is 0.201 e. The van der Waals surface area contributed by atoms with E-state index in [1.54, 1.807) is 6.07 Å². The molecule has 1 fully saturated rings. The van der Waals surface area contributed by atoms with Crippen LogP contribution >= 0.6 is 0 Å². The summed E-state index contributed by atoms with van der Waals surface area (Å²) in [5.41, 5.74) is 0. The van der Waals surface area contributed by atoms with E-state index in [2.05, 4.69) is 6.92 Å². The van der Waals surface area contributed by atoms with E-state index in [0.717, 1.165) is 24.5 Å². The summed E-state index contributed by atoms with van der Waals surface area (Å²) in [6, 6.07) is 3.66. The van der Waals surface area contributed by atoms with Crippen LogP contribution in [0.25, 0.3) is 0 Å². The van der Waals surface area contributed by atoms with Gasteiger partial charge in [-0.3, -0.25) is 4.79 Å². The third-order valence-electron chi connectivity index (χ3n) is 3.37. The summed E-state index contributed by atoms with van der Waals surface area (Å²) in [6.07, 6.45) is 4.41. The first-order valence-corrected chi connectivity index (χ1v) is 5.77. The van der Waals surface area contributed by atoms with Crippen LogP contribution < -0.4 is 0 Å². The van der Waals surface area contributed by atoms with Crippen molar-refractivity contribution in [2.75, 3.05) is 0 Å². The minimum atomic E-state index is 0.201. The molecule has 1 aromatic rings. The zero-order valence-electron chi connectivity index (χ0n) is 9.45. The number of carbonyl (C=O) groups is 1. The lowest BCUT2D eigenvalue weighted by atomic mass is 9.80. The molecule has 0 N–H and O–H groups in total. The largest absolute Gasteiger partial charge is 0.458 e. The van der Waals surface area contributed by atoms with E-state index < -0.39 is 0 Å². The van der Waals surface area contributed by atoms with Crippen molar-refractivity contribution in [1.29, 1.82) is 0 Å². The summed E-state index contributed by atoms with van der Waals surface area (Å²) in [5.74, 6) is 2.56. The Labute approximate surface area is 90.7 Å². The monoisotopic (exact) mass is 206 g/mol. The molecule has 0 spiro atoms. The third kappa shape index (κ3) is 2.31. The number of carbonyl (C=O) groups excluding carboxylic acids is 1. The molecule has 1 aliphatic rings. The van der Waals surface area contributed by atoms with Crippen molar-refractivity contribution in [1.82, 2.24) is 0 Å². The van der Waals surface area contributed by atoms with E-state index in [9.17, 15) is 4.79 Å². The first-order chi connectivity index (χ1) is 7.16. The Morgan fingerprint density at radius 2 is 1.93 bits per heavy atom. The predicted octanol–water partition coefficient (Wildman–Crippen LogP) is 3.60. The predicted molar refractivity (Wildman–Crippen MR) is 58.9 cm³/mol.